The molecule has 2 aromatic carbocycles. The van der Waals surface area contributed by atoms with Gasteiger partial charge in [-0.05, 0) is 42.3 Å². The van der Waals surface area contributed by atoms with E-state index in [2.05, 4.69) is 11.5 Å². The van der Waals surface area contributed by atoms with Gasteiger partial charge in [0.1, 0.15) is 0 Å². The van der Waals surface area contributed by atoms with Crippen LogP contribution in [0.2, 0.25) is 0 Å². The lowest BCUT2D eigenvalue weighted by Crippen LogP contribution is -2.30. The third kappa shape index (κ3) is 5.16. The molecule has 1 aromatic heterocycles. The first-order chi connectivity index (χ1) is 15.3. The smallest absolute Gasteiger partial charge is 0.248 e. The largest absolute Gasteiger partial charge is 0.366 e. The predicted octanol–water partition coefficient (Wildman–Crippen LogP) is 4.26. The molecule has 0 bridgehead atoms. The maximum atomic E-state index is 12.9. The summed E-state index contributed by atoms with van der Waals surface area (Å²) in [5, 5.41) is 0.852. The van der Waals surface area contributed by atoms with Gasteiger partial charge in [-0.15, -0.1) is 0 Å². The number of imidazole rings is 1. The van der Waals surface area contributed by atoms with Crippen LogP contribution >= 0.6 is 11.8 Å². The first-order valence-corrected chi connectivity index (χ1v) is 13.3. The Morgan fingerprint density at radius 1 is 1.09 bits per heavy atom. The molecule has 172 valence electrons. The summed E-state index contributed by atoms with van der Waals surface area (Å²) in [5.74, 6) is 0.236. The van der Waals surface area contributed by atoms with E-state index in [4.69, 9.17) is 10.7 Å². The maximum absolute atomic E-state index is 12.9. The molecule has 0 aliphatic heterocycles. The average Bonchev–Trinajstić information content (AvgIpc) is 3.13. The molecule has 0 fully saturated rings. The molecule has 0 aliphatic carbocycles. The summed E-state index contributed by atoms with van der Waals surface area (Å²) in [6, 6.07) is 12.4. The zero-order valence-electron chi connectivity index (χ0n) is 18.7. The minimum Gasteiger partial charge on any atom is -0.366 e. The van der Waals surface area contributed by atoms with Crippen LogP contribution in [0.1, 0.15) is 49.5 Å². The van der Waals surface area contributed by atoms with E-state index in [-0.39, 0.29) is 4.90 Å². The van der Waals surface area contributed by atoms with Crippen molar-refractivity contribution in [3.8, 4) is 0 Å². The molecule has 1 amide bonds. The lowest BCUT2D eigenvalue weighted by Gasteiger charge is -2.18. The van der Waals surface area contributed by atoms with Crippen LogP contribution in [0.4, 0.5) is 0 Å². The molecule has 1 heterocycles. The van der Waals surface area contributed by atoms with Gasteiger partial charge >= 0.3 is 0 Å². The van der Waals surface area contributed by atoms with Crippen LogP contribution in [0.15, 0.2) is 52.5 Å². The number of hydrogen-bond donors (Lipinski definition) is 1. The Balaban J connectivity index is 1.93. The second-order valence-electron chi connectivity index (χ2n) is 7.49. The fourth-order valence-electron chi connectivity index (χ4n) is 3.52. The molecule has 2 N–H and O–H groups in total. The number of unbranched alkanes of at least 4 members (excludes halogenated alkanes) is 1. The number of nitrogens with zero attached hydrogens (tertiary/aromatic N) is 3. The number of aryl methyl sites for hydroxylation is 1. The van der Waals surface area contributed by atoms with Crippen molar-refractivity contribution in [2.45, 2.75) is 56.0 Å². The average molecular weight is 475 g/mol. The fourth-order valence-corrected chi connectivity index (χ4v) is 5.99. The van der Waals surface area contributed by atoms with Crippen LogP contribution in [0, 0.1) is 0 Å². The zero-order chi connectivity index (χ0) is 23.3. The van der Waals surface area contributed by atoms with Gasteiger partial charge in [0.15, 0.2) is 5.16 Å². The van der Waals surface area contributed by atoms with Crippen LogP contribution in [-0.2, 0) is 22.3 Å². The molecule has 3 aromatic rings. The summed E-state index contributed by atoms with van der Waals surface area (Å²) < 4.78 is 29.5. The molecule has 0 aliphatic rings. The molecule has 0 atom stereocenters. The highest BCUT2D eigenvalue weighted by atomic mass is 32.2. The van der Waals surface area contributed by atoms with E-state index in [9.17, 15) is 13.2 Å². The molecule has 0 unspecified atom stereocenters. The third-order valence-corrected chi connectivity index (χ3v) is 8.46. The highest BCUT2D eigenvalue weighted by molar-refractivity contribution is 7.98. The minimum absolute atomic E-state index is 0.271. The number of fused-ring (bicyclic) bond motifs is 1. The summed E-state index contributed by atoms with van der Waals surface area (Å²) in [4.78, 5) is 16.3. The Hall–Kier alpha value is -2.36. The number of sulfonamides is 1. The van der Waals surface area contributed by atoms with Crippen molar-refractivity contribution in [3.05, 3.63) is 53.6 Å². The van der Waals surface area contributed by atoms with Gasteiger partial charge in [-0.25, -0.2) is 13.4 Å². The molecule has 7 nitrogen and oxygen atoms in total. The quantitative estimate of drug-likeness (QED) is 0.419. The van der Waals surface area contributed by atoms with Crippen molar-refractivity contribution in [1.82, 2.24) is 13.9 Å². The number of benzene rings is 2. The fraction of sp³-hybridized carbons (Fsp3) is 0.391. The molecule has 0 saturated heterocycles. The molecule has 3 rings (SSSR count). The van der Waals surface area contributed by atoms with E-state index < -0.39 is 15.9 Å². The van der Waals surface area contributed by atoms with Gasteiger partial charge in [0.2, 0.25) is 15.9 Å². The van der Waals surface area contributed by atoms with Gasteiger partial charge in [0.25, 0.3) is 0 Å². The molecule has 32 heavy (non-hydrogen) atoms. The first kappa shape index (κ1) is 24.3. The van der Waals surface area contributed by atoms with Gasteiger partial charge in [-0.2, -0.15) is 4.31 Å². The number of primary amides is 1. The van der Waals surface area contributed by atoms with Crippen LogP contribution in [0.5, 0.6) is 0 Å². The Morgan fingerprint density at radius 3 is 2.38 bits per heavy atom. The monoisotopic (exact) mass is 474 g/mol. The summed E-state index contributed by atoms with van der Waals surface area (Å²) in [6.45, 7) is 7.49. The second-order valence-corrected chi connectivity index (χ2v) is 10.4. The lowest BCUT2D eigenvalue weighted by atomic mass is 10.1. The number of rotatable bonds is 11. The second kappa shape index (κ2) is 10.5. The van der Waals surface area contributed by atoms with Crippen molar-refractivity contribution >= 4 is 38.7 Å². The van der Waals surface area contributed by atoms with Crippen LogP contribution < -0.4 is 5.73 Å². The van der Waals surface area contributed by atoms with Crippen molar-refractivity contribution in [2.24, 2.45) is 5.73 Å². The van der Waals surface area contributed by atoms with Crippen molar-refractivity contribution in [2.75, 3.05) is 13.1 Å². The van der Waals surface area contributed by atoms with Gasteiger partial charge in [-0.1, -0.05) is 51.1 Å². The third-order valence-electron chi connectivity index (χ3n) is 5.37. The molecule has 9 heteroatoms. The van der Waals surface area contributed by atoms with E-state index >= 15 is 0 Å². The van der Waals surface area contributed by atoms with E-state index in [1.165, 1.54) is 4.31 Å². The lowest BCUT2D eigenvalue weighted by molar-refractivity contribution is 0.100. The van der Waals surface area contributed by atoms with Crippen molar-refractivity contribution < 1.29 is 13.2 Å². The maximum Gasteiger partial charge on any atom is 0.248 e. The first-order valence-electron chi connectivity index (χ1n) is 10.8. The summed E-state index contributed by atoms with van der Waals surface area (Å²) >= 11 is 1.60. The highest BCUT2D eigenvalue weighted by Gasteiger charge is 2.23. The topological polar surface area (TPSA) is 98.3 Å². The number of nitrogens with two attached hydrogens (primary N) is 1. The van der Waals surface area contributed by atoms with E-state index in [0.717, 1.165) is 35.6 Å². The normalized spacial score (nSPS) is 12.0. The predicted molar refractivity (Wildman–Crippen MR) is 129 cm³/mol. The zero-order valence-corrected chi connectivity index (χ0v) is 20.4. The Morgan fingerprint density at radius 2 is 1.78 bits per heavy atom. The number of aromatic nitrogens is 2. The summed E-state index contributed by atoms with van der Waals surface area (Å²) in [7, 11) is -3.54. The van der Waals surface area contributed by atoms with E-state index in [1.54, 1.807) is 36.0 Å². The SMILES string of the molecule is CCCCn1c(SCc2ccc(C(N)=O)cc2)nc2cc(S(=O)(=O)N(CC)CC)ccc21. The van der Waals surface area contributed by atoms with Gasteiger partial charge in [-0.3, -0.25) is 4.79 Å². The molecule has 0 saturated carbocycles. The number of amides is 1. The highest BCUT2D eigenvalue weighted by Crippen LogP contribution is 2.29. The summed E-state index contributed by atoms with van der Waals surface area (Å²) in [6.07, 6.45) is 2.05. The van der Waals surface area contributed by atoms with Gasteiger partial charge in [0, 0.05) is 31.0 Å². The van der Waals surface area contributed by atoms with Crippen molar-refractivity contribution in [1.29, 1.82) is 0 Å². The molecule has 0 spiro atoms. The Labute approximate surface area is 194 Å². The minimum atomic E-state index is -3.54. The number of carbonyl (C=O) groups excluding carboxylic acids is 1. The van der Waals surface area contributed by atoms with Crippen LogP contribution in [0.25, 0.3) is 11.0 Å². The molecular weight excluding hydrogens is 444 g/mol. The van der Waals surface area contributed by atoms with Gasteiger partial charge in [0.05, 0.1) is 15.9 Å². The number of carbonyl (C=O) groups is 1. The Kier molecular flexibility index (Phi) is 7.97. The summed E-state index contributed by atoms with van der Waals surface area (Å²) in [5.41, 5.74) is 8.47. The molecule has 0 radical (unpaired) electrons. The van der Waals surface area contributed by atoms with E-state index in [1.807, 2.05) is 32.0 Å². The number of hydrogen-bond acceptors (Lipinski definition) is 5. The van der Waals surface area contributed by atoms with Crippen LogP contribution in [-0.4, -0.2) is 41.3 Å². The molecular formula is C23H30N4O3S2. The van der Waals surface area contributed by atoms with Crippen LogP contribution in [0.3, 0.4) is 0 Å². The number of thioether (sulfide) groups is 1. The standard InChI is InChI=1S/C23H30N4O3S2/c1-4-7-14-27-21-13-12-19(32(29,30)26(5-2)6-3)15-20(21)25-23(27)31-16-17-8-10-18(11-9-17)22(24)28/h8-13,15H,4-7,14,16H2,1-3H3,(H2,24,28). The Bertz CT molecular complexity index is 1180. The van der Waals surface area contributed by atoms with E-state index in [0.29, 0.717) is 29.9 Å². The van der Waals surface area contributed by atoms with Gasteiger partial charge < -0.3 is 10.3 Å². The van der Waals surface area contributed by atoms with Crippen molar-refractivity contribution in [3.63, 3.8) is 0 Å².